The molecule has 7 heteroatoms. The minimum Gasteiger partial charge on any atom is -0.336 e. The molecule has 1 fully saturated rings. The van der Waals surface area contributed by atoms with Gasteiger partial charge in [-0.05, 0) is 29.7 Å². The molecule has 26 heavy (non-hydrogen) atoms. The molecule has 0 aromatic carbocycles. The van der Waals surface area contributed by atoms with Gasteiger partial charge < -0.3 is 4.90 Å². The van der Waals surface area contributed by atoms with E-state index in [0.717, 1.165) is 25.2 Å². The highest BCUT2D eigenvalue weighted by Gasteiger charge is 2.36. The number of carbonyl (C=O) groups excluding carboxylic acids is 1. The molecule has 2 aliphatic heterocycles. The zero-order valence-electron chi connectivity index (χ0n) is 14.4. The summed E-state index contributed by atoms with van der Waals surface area (Å²) in [4.78, 5) is 21.2. The van der Waals surface area contributed by atoms with Crippen molar-refractivity contribution in [3.8, 4) is 0 Å². The summed E-state index contributed by atoms with van der Waals surface area (Å²) in [5.74, 6) is -0.0660. The topological polar surface area (TPSA) is 70.6 Å². The molecule has 1 amide bonds. The lowest BCUT2D eigenvalue weighted by Gasteiger charge is -2.35. The van der Waals surface area contributed by atoms with E-state index in [1.807, 2.05) is 17.2 Å². The van der Waals surface area contributed by atoms with Crippen molar-refractivity contribution in [1.82, 2.24) is 14.8 Å². The monoisotopic (exact) mass is 371 g/mol. The second-order valence-corrected chi connectivity index (χ2v) is 8.84. The van der Waals surface area contributed by atoms with Crippen LogP contribution in [0.3, 0.4) is 0 Å². The molecule has 6 nitrogen and oxygen atoms in total. The lowest BCUT2D eigenvalue weighted by Crippen LogP contribution is -2.48. The van der Waals surface area contributed by atoms with Gasteiger partial charge in [-0.25, -0.2) is 8.42 Å². The van der Waals surface area contributed by atoms with Crippen LogP contribution in [0.25, 0.3) is 0 Å². The largest absolute Gasteiger partial charge is 0.336 e. The summed E-state index contributed by atoms with van der Waals surface area (Å²) in [5, 5.41) is 0.650. The first kappa shape index (κ1) is 17.2. The summed E-state index contributed by atoms with van der Waals surface area (Å²) in [6, 6.07) is 3.98. The number of nitrogens with zero attached hydrogens (tertiary/aromatic N) is 3. The number of fused-ring (bicyclic) bond motifs is 1. The Kier molecular flexibility index (Phi) is 4.50. The fraction of sp³-hybridized carbons (Fsp3) is 0.368. The molecule has 0 N–H and O–H groups in total. The number of allylic oxidation sites excluding steroid dienone is 2. The van der Waals surface area contributed by atoms with E-state index in [1.54, 1.807) is 24.4 Å². The first-order valence-electron chi connectivity index (χ1n) is 8.78. The van der Waals surface area contributed by atoms with Gasteiger partial charge in [0.25, 0.3) is 5.91 Å². The van der Waals surface area contributed by atoms with Gasteiger partial charge in [0.1, 0.15) is 0 Å². The van der Waals surface area contributed by atoms with E-state index in [-0.39, 0.29) is 5.91 Å². The van der Waals surface area contributed by atoms with Gasteiger partial charge in [-0.2, -0.15) is 0 Å². The van der Waals surface area contributed by atoms with Crippen LogP contribution in [-0.2, 0) is 21.2 Å². The number of hydrogen-bond acceptors (Lipinski definition) is 5. The van der Waals surface area contributed by atoms with Crippen molar-refractivity contribution in [2.45, 2.75) is 18.2 Å². The van der Waals surface area contributed by atoms with E-state index in [4.69, 9.17) is 0 Å². The third-order valence-corrected chi connectivity index (χ3v) is 6.90. The summed E-state index contributed by atoms with van der Waals surface area (Å²) in [6.45, 7) is 3.71. The van der Waals surface area contributed by atoms with Gasteiger partial charge in [0, 0.05) is 56.1 Å². The number of carbonyl (C=O) groups is 1. The number of rotatable bonds is 3. The van der Waals surface area contributed by atoms with Crippen molar-refractivity contribution in [2.75, 3.05) is 26.2 Å². The van der Waals surface area contributed by atoms with Crippen LogP contribution in [-0.4, -0.2) is 60.5 Å². The summed E-state index contributed by atoms with van der Waals surface area (Å²) in [6.07, 6.45) is 9.24. The molecule has 1 aliphatic carbocycles. The van der Waals surface area contributed by atoms with Crippen LogP contribution < -0.4 is 0 Å². The number of pyridine rings is 1. The lowest BCUT2D eigenvalue weighted by atomic mass is 9.96. The fourth-order valence-corrected chi connectivity index (χ4v) is 5.17. The van der Waals surface area contributed by atoms with Gasteiger partial charge in [0.2, 0.25) is 0 Å². The average molecular weight is 371 g/mol. The number of aromatic nitrogens is 1. The van der Waals surface area contributed by atoms with Gasteiger partial charge >= 0.3 is 0 Å². The Labute approximate surface area is 153 Å². The normalized spacial score (nSPS) is 24.8. The van der Waals surface area contributed by atoms with Crippen LogP contribution >= 0.6 is 0 Å². The fourth-order valence-electron chi connectivity index (χ4n) is 3.70. The molecular formula is C19H21N3O3S. The molecule has 4 rings (SSSR count). The van der Waals surface area contributed by atoms with Crippen LogP contribution in [0.2, 0.25) is 0 Å². The van der Waals surface area contributed by atoms with E-state index >= 15 is 0 Å². The number of piperazine rings is 1. The zero-order valence-corrected chi connectivity index (χ0v) is 15.2. The smallest absolute Gasteiger partial charge is 0.254 e. The second kappa shape index (κ2) is 6.81. The Bertz CT molecular complexity index is 895. The molecule has 1 atom stereocenters. The lowest BCUT2D eigenvalue weighted by molar-refractivity contribution is -0.128. The SMILES string of the molecule is O=C(C1=C2C=CS(=O)(=O)C2CC=C1)N1CCN(Cc2cccnc2)CC1. The minimum absolute atomic E-state index is 0.0660. The molecule has 1 aromatic rings. The summed E-state index contributed by atoms with van der Waals surface area (Å²) < 4.78 is 24.1. The van der Waals surface area contributed by atoms with Crippen molar-refractivity contribution in [2.24, 2.45) is 0 Å². The maximum absolute atomic E-state index is 12.9. The van der Waals surface area contributed by atoms with Crippen LogP contribution in [0, 0.1) is 0 Å². The van der Waals surface area contributed by atoms with Gasteiger partial charge in [-0.15, -0.1) is 0 Å². The van der Waals surface area contributed by atoms with Gasteiger partial charge in [0.05, 0.1) is 5.25 Å². The van der Waals surface area contributed by atoms with Crippen LogP contribution in [0.1, 0.15) is 12.0 Å². The second-order valence-electron chi connectivity index (χ2n) is 6.82. The van der Waals surface area contributed by atoms with Crippen molar-refractivity contribution < 1.29 is 13.2 Å². The van der Waals surface area contributed by atoms with Crippen molar-refractivity contribution in [3.05, 3.63) is 64.9 Å². The third-order valence-electron chi connectivity index (χ3n) is 5.15. The number of amides is 1. The van der Waals surface area contributed by atoms with Crippen LogP contribution in [0.15, 0.2) is 59.3 Å². The Hall–Kier alpha value is -2.25. The maximum Gasteiger partial charge on any atom is 0.254 e. The van der Waals surface area contributed by atoms with E-state index in [0.29, 0.717) is 30.7 Å². The van der Waals surface area contributed by atoms with E-state index < -0.39 is 15.1 Å². The molecular weight excluding hydrogens is 350 g/mol. The zero-order chi connectivity index (χ0) is 18.1. The quantitative estimate of drug-likeness (QED) is 0.801. The molecule has 0 spiro atoms. The van der Waals surface area contributed by atoms with Gasteiger partial charge in [-0.1, -0.05) is 18.2 Å². The molecule has 0 bridgehead atoms. The minimum atomic E-state index is -3.26. The standard InChI is InChI=1S/C19H21N3O3S/c23-19(17-4-1-5-18-16(17)6-12-26(18,24)25)22-10-8-21(9-11-22)14-15-3-2-7-20-13-15/h1-4,6-7,12-13,18H,5,8-11,14H2. The van der Waals surface area contributed by atoms with Crippen molar-refractivity contribution in [1.29, 1.82) is 0 Å². The predicted octanol–water partition coefficient (Wildman–Crippen LogP) is 1.29. The maximum atomic E-state index is 12.9. The Morgan fingerprint density at radius 2 is 2.00 bits per heavy atom. The van der Waals surface area contributed by atoms with E-state index in [2.05, 4.69) is 16.0 Å². The molecule has 0 saturated carbocycles. The highest BCUT2D eigenvalue weighted by Crippen LogP contribution is 2.33. The Balaban J connectivity index is 1.43. The molecule has 136 valence electrons. The van der Waals surface area contributed by atoms with Crippen LogP contribution in [0.5, 0.6) is 0 Å². The Morgan fingerprint density at radius 1 is 1.19 bits per heavy atom. The molecule has 3 heterocycles. The first-order valence-corrected chi connectivity index (χ1v) is 10.4. The van der Waals surface area contributed by atoms with Crippen molar-refractivity contribution >= 4 is 15.7 Å². The molecule has 3 aliphatic rings. The first-order chi connectivity index (χ1) is 12.5. The molecule has 1 unspecified atom stereocenters. The molecule has 1 aromatic heterocycles. The van der Waals surface area contributed by atoms with Gasteiger partial charge in [-0.3, -0.25) is 14.7 Å². The highest BCUT2D eigenvalue weighted by molar-refractivity contribution is 7.95. The van der Waals surface area contributed by atoms with Crippen LogP contribution in [0.4, 0.5) is 0 Å². The summed E-state index contributed by atoms with van der Waals surface area (Å²) >= 11 is 0. The third kappa shape index (κ3) is 3.24. The average Bonchev–Trinajstić information content (AvgIpc) is 2.98. The summed E-state index contributed by atoms with van der Waals surface area (Å²) in [7, 11) is -3.26. The molecule has 0 radical (unpaired) electrons. The molecule has 1 saturated heterocycles. The number of sulfone groups is 1. The van der Waals surface area contributed by atoms with Crippen molar-refractivity contribution in [3.63, 3.8) is 0 Å². The predicted molar refractivity (Wildman–Crippen MR) is 98.7 cm³/mol. The van der Waals surface area contributed by atoms with Gasteiger partial charge in [0.15, 0.2) is 9.84 Å². The number of hydrogen-bond donors (Lipinski definition) is 0. The summed E-state index contributed by atoms with van der Waals surface area (Å²) in [5.41, 5.74) is 2.34. The van der Waals surface area contributed by atoms with E-state index in [9.17, 15) is 13.2 Å². The Morgan fingerprint density at radius 3 is 2.73 bits per heavy atom. The van der Waals surface area contributed by atoms with E-state index in [1.165, 1.54) is 5.41 Å². The highest BCUT2D eigenvalue weighted by atomic mass is 32.2.